The molecule has 0 saturated carbocycles. The molecule has 0 amide bonds. The molecule has 0 heterocycles. The summed E-state index contributed by atoms with van der Waals surface area (Å²) >= 11 is 0. The molecule has 2 rings (SSSR count). The van der Waals surface area contributed by atoms with E-state index in [4.69, 9.17) is 0 Å². The Morgan fingerprint density at radius 3 is 1.91 bits per heavy atom. The normalized spacial score (nSPS) is 22.0. The van der Waals surface area contributed by atoms with Gasteiger partial charge in [-0.15, -0.1) is 0 Å². The highest BCUT2D eigenvalue weighted by atomic mass is 16.3. The van der Waals surface area contributed by atoms with Gasteiger partial charge in [0.1, 0.15) is 0 Å². The lowest BCUT2D eigenvalue weighted by Gasteiger charge is -2.36. The average Bonchev–Trinajstić information content (AvgIpc) is 2.94. The van der Waals surface area contributed by atoms with Crippen LogP contribution in [-0.4, -0.2) is 6.04 Å². The van der Waals surface area contributed by atoms with Gasteiger partial charge in [-0.3, -0.25) is 0 Å². The van der Waals surface area contributed by atoms with E-state index in [0.717, 1.165) is 19.3 Å². The summed E-state index contributed by atoms with van der Waals surface area (Å²) in [7, 11) is 0. The highest BCUT2D eigenvalue weighted by Gasteiger charge is 2.33. The third kappa shape index (κ3) is 14.5. The molecule has 1 unspecified atom stereocenters. The minimum absolute atomic E-state index is 0.0191. The van der Waals surface area contributed by atoms with Crippen molar-refractivity contribution in [1.82, 2.24) is 0 Å². The molecule has 0 N–H and O–H groups in total. The van der Waals surface area contributed by atoms with Gasteiger partial charge in [-0.2, -0.15) is 4.91 Å². The second-order valence-corrected chi connectivity index (χ2v) is 13.7. The second-order valence-electron chi connectivity index (χ2n) is 13.7. The molecule has 1 atom stereocenters. The number of hydrogen-bond donors (Lipinski definition) is 0. The summed E-state index contributed by atoms with van der Waals surface area (Å²) in [6, 6.07) is -0.0191. The van der Waals surface area contributed by atoms with Crippen molar-refractivity contribution in [2.24, 2.45) is 16.0 Å². The molecule has 2 heteroatoms. The van der Waals surface area contributed by atoms with E-state index < -0.39 is 0 Å². The first-order chi connectivity index (χ1) is 20.8. The minimum Gasteiger partial charge on any atom is -0.151 e. The van der Waals surface area contributed by atoms with Crippen molar-refractivity contribution < 1.29 is 0 Å². The molecule has 0 spiro atoms. The fourth-order valence-electron chi connectivity index (χ4n) is 6.08. The Morgan fingerprint density at radius 2 is 1.36 bits per heavy atom. The molecule has 44 heavy (non-hydrogen) atoms. The molecule has 0 aromatic carbocycles. The lowest BCUT2D eigenvalue weighted by atomic mass is 9.70. The van der Waals surface area contributed by atoms with Crippen molar-refractivity contribution in [2.75, 3.05) is 0 Å². The van der Waals surface area contributed by atoms with Gasteiger partial charge < -0.3 is 0 Å². The molecule has 0 aromatic heterocycles. The van der Waals surface area contributed by atoms with E-state index in [-0.39, 0.29) is 11.5 Å². The van der Waals surface area contributed by atoms with Gasteiger partial charge in [0.05, 0.1) is 6.04 Å². The van der Waals surface area contributed by atoms with Gasteiger partial charge in [0.15, 0.2) is 0 Å². The Hall–Kier alpha value is -3.26. The van der Waals surface area contributed by atoms with E-state index in [1.54, 1.807) is 5.57 Å². The molecule has 0 bridgehead atoms. The Morgan fingerprint density at radius 1 is 0.773 bits per heavy atom. The van der Waals surface area contributed by atoms with Crippen molar-refractivity contribution in [3.05, 3.63) is 135 Å². The molecule has 240 valence electrons. The number of hydrogen-bond acceptors (Lipinski definition) is 2. The Balaban J connectivity index is 0.000000539. The third-order valence-electron chi connectivity index (χ3n) is 8.59. The van der Waals surface area contributed by atoms with E-state index >= 15 is 0 Å². The van der Waals surface area contributed by atoms with E-state index in [0.29, 0.717) is 5.41 Å². The summed E-state index contributed by atoms with van der Waals surface area (Å²) in [6.45, 7) is 24.0. The van der Waals surface area contributed by atoms with E-state index in [9.17, 15) is 4.91 Å². The molecule has 0 radical (unpaired) electrons. The SMILES string of the molecule is C/C=C/CC1=C(C)CC(N=O)CC1(C)C.C\C=C/C=C/C(C)=C/C=C/C=C(C)/C=C/C=C(C)/C=C/C1=C(C)CCCC1(C)C. The van der Waals surface area contributed by atoms with Crippen molar-refractivity contribution in [3.63, 3.8) is 0 Å². The maximum atomic E-state index is 10.6. The highest BCUT2D eigenvalue weighted by molar-refractivity contribution is 5.37. The number of nitroso groups, excluding NO2 is 1. The minimum atomic E-state index is -0.0191. The maximum Gasteiger partial charge on any atom is 0.0964 e. The predicted molar refractivity (Wildman–Crippen MR) is 198 cm³/mol. The van der Waals surface area contributed by atoms with Crippen LogP contribution in [0.3, 0.4) is 0 Å². The maximum absolute atomic E-state index is 10.6. The smallest absolute Gasteiger partial charge is 0.0964 e. The van der Waals surface area contributed by atoms with Crippen LogP contribution in [0, 0.1) is 15.7 Å². The monoisotopic (exact) mass is 595 g/mol. The summed E-state index contributed by atoms with van der Waals surface area (Å²) in [5.74, 6) is 0. The van der Waals surface area contributed by atoms with Crippen molar-refractivity contribution >= 4 is 0 Å². The number of rotatable bonds is 11. The van der Waals surface area contributed by atoms with Gasteiger partial charge >= 0.3 is 0 Å². The van der Waals surface area contributed by atoms with Crippen molar-refractivity contribution in [1.29, 1.82) is 0 Å². The lowest BCUT2D eigenvalue weighted by molar-refractivity contribution is 0.330. The summed E-state index contributed by atoms with van der Waals surface area (Å²) in [5.41, 5.74) is 10.1. The van der Waals surface area contributed by atoms with Crippen LogP contribution < -0.4 is 0 Å². The lowest BCUT2D eigenvalue weighted by Crippen LogP contribution is -2.27. The second kappa shape index (κ2) is 19.9. The quantitative estimate of drug-likeness (QED) is 0.133. The predicted octanol–water partition coefficient (Wildman–Crippen LogP) is 13.4. The summed E-state index contributed by atoms with van der Waals surface area (Å²) in [5, 5.41) is 3.21. The van der Waals surface area contributed by atoms with E-state index in [1.807, 2.05) is 26.0 Å². The molecule has 2 aliphatic carbocycles. The molecular weight excluding hydrogens is 534 g/mol. The number of allylic oxidation sites excluding steroid dienone is 21. The zero-order chi connectivity index (χ0) is 33.2. The fourth-order valence-corrected chi connectivity index (χ4v) is 6.08. The van der Waals surface area contributed by atoms with Crippen LogP contribution in [0.4, 0.5) is 0 Å². The Kier molecular flexibility index (Phi) is 17.5. The van der Waals surface area contributed by atoms with Crippen LogP contribution in [0.5, 0.6) is 0 Å². The molecule has 0 aromatic rings. The van der Waals surface area contributed by atoms with Gasteiger partial charge in [-0.1, -0.05) is 157 Å². The first-order valence-corrected chi connectivity index (χ1v) is 16.4. The van der Waals surface area contributed by atoms with E-state index in [1.165, 1.54) is 52.7 Å². The van der Waals surface area contributed by atoms with Crippen LogP contribution in [0.2, 0.25) is 0 Å². The van der Waals surface area contributed by atoms with E-state index in [2.05, 4.69) is 146 Å². The molecule has 0 saturated heterocycles. The highest BCUT2D eigenvalue weighted by Crippen LogP contribution is 2.43. The topological polar surface area (TPSA) is 29.4 Å². The first-order valence-electron chi connectivity index (χ1n) is 16.4. The standard InChI is InChI=1S/C29H40.C13H21NO/c1-8-9-10-15-24(2)16-11-12-17-25(3)18-13-19-26(4)21-22-28-27(5)20-14-23-29(28,6)7;1-5-6-7-12-10(2)8-11(14-15)9-13(12,3)4/h8-13,15-19,21-22H,14,20,23H2,1-7H3;5-6,11H,7-9H2,1-4H3/b9-8-,12-11+,15-10+,18-13+,22-21+,24-16+,25-17+,26-19+;6-5+. The van der Waals surface area contributed by atoms with Crippen LogP contribution >= 0.6 is 0 Å². The summed E-state index contributed by atoms with van der Waals surface area (Å²) in [6.07, 6.45) is 38.6. The van der Waals surface area contributed by atoms with Crippen LogP contribution in [0.25, 0.3) is 0 Å². The van der Waals surface area contributed by atoms with Crippen molar-refractivity contribution in [3.8, 4) is 0 Å². The molecule has 0 aliphatic heterocycles. The van der Waals surface area contributed by atoms with Crippen LogP contribution in [0.15, 0.2) is 135 Å². The molecule has 2 nitrogen and oxygen atoms in total. The summed E-state index contributed by atoms with van der Waals surface area (Å²) < 4.78 is 0. The van der Waals surface area contributed by atoms with Crippen LogP contribution in [-0.2, 0) is 0 Å². The zero-order valence-corrected chi connectivity index (χ0v) is 29.8. The van der Waals surface area contributed by atoms with Crippen molar-refractivity contribution in [2.45, 2.75) is 121 Å². The van der Waals surface area contributed by atoms with Gasteiger partial charge in [0.25, 0.3) is 0 Å². The van der Waals surface area contributed by atoms with Crippen LogP contribution in [0.1, 0.15) is 115 Å². The van der Waals surface area contributed by atoms with Gasteiger partial charge in [0.2, 0.25) is 0 Å². The number of nitrogens with zero attached hydrogens (tertiary/aromatic N) is 1. The largest absolute Gasteiger partial charge is 0.151 e. The summed E-state index contributed by atoms with van der Waals surface area (Å²) in [4.78, 5) is 10.6. The van der Waals surface area contributed by atoms with Gasteiger partial charge in [-0.25, -0.2) is 0 Å². The molecular formula is C42H61NO. The molecule has 2 aliphatic rings. The zero-order valence-electron chi connectivity index (χ0n) is 29.8. The van der Waals surface area contributed by atoms with Gasteiger partial charge in [0, 0.05) is 0 Å². The Bertz CT molecular complexity index is 1270. The third-order valence-corrected chi connectivity index (χ3v) is 8.59. The fraction of sp³-hybridized carbons (Fsp3) is 0.476. The molecule has 0 fully saturated rings. The average molecular weight is 596 g/mol. The van der Waals surface area contributed by atoms with Gasteiger partial charge in [-0.05, 0) is 103 Å². The Labute approximate surface area is 271 Å². The first kappa shape index (κ1) is 38.8.